The van der Waals surface area contributed by atoms with Crippen molar-refractivity contribution < 1.29 is 5.11 Å². The molecule has 8 nitrogen and oxygen atoms in total. The van der Waals surface area contributed by atoms with Gasteiger partial charge in [0.1, 0.15) is 11.7 Å². The molecule has 1 N–H and O–H groups in total. The van der Waals surface area contributed by atoms with E-state index >= 15 is 0 Å². The molecule has 0 atom stereocenters. The van der Waals surface area contributed by atoms with E-state index in [1.54, 1.807) is 10.9 Å². The van der Waals surface area contributed by atoms with E-state index in [1.165, 1.54) is 17.2 Å². The Morgan fingerprint density at radius 2 is 1.90 bits per heavy atom. The lowest BCUT2D eigenvalue weighted by molar-refractivity contribution is 0.304. The smallest absolute Gasteiger partial charge is 0.285 e. The standard InChI is InChI=1S/C21H20N6O2/c1-25(11-12-28)17-9-7-16(8-10-17)13-23-26-15-22-20-19(21(26)29)14-24-27(20)18-5-3-2-4-6-18/h2-10,13-15,28H,11-12H2,1H3/b23-13-. The van der Waals surface area contributed by atoms with Gasteiger partial charge in [0.05, 0.1) is 24.7 Å². The molecule has 29 heavy (non-hydrogen) atoms. The Morgan fingerprint density at radius 3 is 2.62 bits per heavy atom. The maximum absolute atomic E-state index is 12.7. The van der Waals surface area contributed by atoms with E-state index in [4.69, 9.17) is 5.11 Å². The summed E-state index contributed by atoms with van der Waals surface area (Å²) >= 11 is 0. The molecule has 0 saturated heterocycles. The molecule has 0 aliphatic carbocycles. The predicted molar refractivity (Wildman–Crippen MR) is 113 cm³/mol. The lowest BCUT2D eigenvalue weighted by Gasteiger charge is -2.17. The zero-order chi connectivity index (χ0) is 20.2. The first-order chi connectivity index (χ1) is 14.2. The van der Waals surface area contributed by atoms with E-state index in [2.05, 4.69) is 15.2 Å². The van der Waals surface area contributed by atoms with Gasteiger partial charge in [-0.1, -0.05) is 30.3 Å². The minimum Gasteiger partial charge on any atom is -0.395 e. The second-order valence-corrected chi connectivity index (χ2v) is 6.50. The Balaban J connectivity index is 1.60. The molecule has 4 aromatic rings. The molecule has 0 aliphatic heterocycles. The van der Waals surface area contributed by atoms with Crippen molar-refractivity contribution in [1.29, 1.82) is 0 Å². The van der Waals surface area contributed by atoms with Crippen molar-refractivity contribution >= 4 is 22.9 Å². The van der Waals surface area contributed by atoms with Gasteiger partial charge in [-0.3, -0.25) is 4.79 Å². The highest BCUT2D eigenvalue weighted by atomic mass is 16.3. The third-order valence-corrected chi connectivity index (χ3v) is 4.57. The number of nitrogens with zero attached hydrogens (tertiary/aromatic N) is 6. The number of anilines is 1. The van der Waals surface area contributed by atoms with Gasteiger partial charge in [-0.15, -0.1) is 0 Å². The van der Waals surface area contributed by atoms with Gasteiger partial charge in [0.2, 0.25) is 0 Å². The second-order valence-electron chi connectivity index (χ2n) is 6.50. The van der Waals surface area contributed by atoms with E-state index in [0.29, 0.717) is 17.6 Å². The van der Waals surface area contributed by atoms with Gasteiger partial charge in [-0.25, -0.2) is 9.67 Å². The largest absolute Gasteiger partial charge is 0.395 e. The molecule has 2 heterocycles. The molecule has 8 heteroatoms. The predicted octanol–water partition coefficient (Wildman–Crippen LogP) is 1.89. The Bertz CT molecular complexity index is 1200. The fraction of sp³-hybridized carbons (Fsp3) is 0.143. The normalized spacial score (nSPS) is 11.4. The van der Waals surface area contributed by atoms with Crippen LogP contribution in [0, 0.1) is 0 Å². The van der Waals surface area contributed by atoms with E-state index in [0.717, 1.165) is 16.9 Å². The number of likely N-dealkylation sites (N-methyl/N-ethyl adjacent to an activating group) is 1. The molecule has 2 aromatic carbocycles. The third-order valence-electron chi connectivity index (χ3n) is 4.57. The summed E-state index contributed by atoms with van der Waals surface area (Å²) in [5, 5.41) is 18.0. The van der Waals surface area contributed by atoms with Crippen molar-refractivity contribution in [3.63, 3.8) is 0 Å². The summed E-state index contributed by atoms with van der Waals surface area (Å²) < 4.78 is 2.83. The van der Waals surface area contributed by atoms with Gasteiger partial charge in [-0.2, -0.15) is 14.9 Å². The monoisotopic (exact) mass is 388 g/mol. The van der Waals surface area contributed by atoms with Gasteiger partial charge in [0.15, 0.2) is 5.65 Å². The molecule has 0 aliphatic rings. The number of para-hydroxylation sites is 1. The van der Waals surface area contributed by atoms with Gasteiger partial charge in [-0.05, 0) is 29.8 Å². The topological polar surface area (TPSA) is 88.5 Å². The van der Waals surface area contributed by atoms with E-state index in [9.17, 15) is 4.79 Å². The highest BCUT2D eigenvalue weighted by molar-refractivity contribution is 5.80. The van der Waals surface area contributed by atoms with Gasteiger partial charge >= 0.3 is 0 Å². The first kappa shape index (κ1) is 18.6. The molecule has 0 saturated carbocycles. The van der Waals surface area contributed by atoms with Gasteiger partial charge in [0, 0.05) is 19.3 Å². The van der Waals surface area contributed by atoms with Crippen LogP contribution in [-0.4, -0.2) is 51.0 Å². The Labute approximate surface area is 167 Å². The molecule has 2 aromatic heterocycles. The van der Waals surface area contributed by atoms with Gasteiger partial charge in [0.25, 0.3) is 5.56 Å². The number of fused-ring (bicyclic) bond motifs is 1. The summed E-state index contributed by atoms with van der Waals surface area (Å²) in [7, 11) is 1.91. The van der Waals surface area contributed by atoms with E-state index in [1.807, 2.05) is 66.5 Å². The third kappa shape index (κ3) is 3.78. The number of benzene rings is 2. The SMILES string of the molecule is CN(CCO)c1ccc(/C=N\n2cnc3c(cnn3-c3ccccc3)c2=O)cc1. The second kappa shape index (κ2) is 8.07. The first-order valence-corrected chi connectivity index (χ1v) is 9.14. The first-order valence-electron chi connectivity index (χ1n) is 9.14. The number of aliphatic hydroxyl groups is 1. The minimum atomic E-state index is -0.285. The zero-order valence-corrected chi connectivity index (χ0v) is 15.9. The van der Waals surface area contributed by atoms with Crippen LogP contribution in [0.15, 0.2) is 77.0 Å². The summed E-state index contributed by atoms with van der Waals surface area (Å²) in [6.07, 6.45) is 4.51. The summed E-state index contributed by atoms with van der Waals surface area (Å²) in [5.74, 6) is 0. The molecule has 146 valence electrons. The van der Waals surface area contributed by atoms with Crippen molar-refractivity contribution in [3.05, 3.63) is 83.0 Å². The van der Waals surface area contributed by atoms with Crippen molar-refractivity contribution in [1.82, 2.24) is 19.4 Å². The number of hydrogen-bond acceptors (Lipinski definition) is 6. The maximum atomic E-state index is 12.7. The maximum Gasteiger partial charge on any atom is 0.285 e. The lowest BCUT2D eigenvalue weighted by Crippen LogP contribution is -2.20. The number of rotatable bonds is 6. The van der Waals surface area contributed by atoms with Gasteiger partial charge < -0.3 is 10.0 Å². The van der Waals surface area contributed by atoms with Crippen molar-refractivity contribution in [2.75, 3.05) is 25.1 Å². The van der Waals surface area contributed by atoms with E-state index < -0.39 is 0 Å². The van der Waals surface area contributed by atoms with E-state index in [-0.39, 0.29) is 12.2 Å². The van der Waals surface area contributed by atoms with Crippen LogP contribution in [0.2, 0.25) is 0 Å². The minimum absolute atomic E-state index is 0.0962. The molecular weight excluding hydrogens is 368 g/mol. The summed E-state index contributed by atoms with van der Waals surface area (Å²) in [5.41, 5.74) is 2.88. The fourth-order valence-corrected chi connectivity index (χ4v) is 2.97. The van der Waals surface area contributed by atoms with Crippen LogP contribution in [0.5, 0.6) is 0 Å². The van der Waals surface area contributed by atoms with Crippen molar-refractivity contribution in [3.8, 4) is 5.69 Å². The van der Waals surface area contributed by atoms with Crippen LogP contribution < -0.4 is 10.5 Å². The number of aliphatic hydroxyl groups excluding tert-OH is 1. The quantitative estimate of drug-likeness (QED) is 0.510. The molecule has 0 radical (unpaired) electrons. The molecule has 4 rings (SSSR count). The molecule has 0 fully saturated rings. The highest BCUT2D eigenvalue weighted by Gasteiger charge is 2.10. The van der Waals surface area contributed by atoms with Crippen LogP contribution >= 0.6 is 0 Å². The summed E-state index contributed by atoms with van der Waals surface area (Å²) in [6.45, 7) is 0.657. The summed E-state index contributed by atoms with van der Waals surface area (Å²) in [6, 6.07) is 17.2. The Morgan fingerprint density at radius 1 is 1.14 bits per heavy atom. The van der Waals surface area contributed by atoms with Crippen LogP contribution in [-0.2, 0) is 0 Å². The van der Waals surface area contributed by atoms with Crippen LogP contribution in [0.4, 0.5) is 5.69 Å². The molecule has 0 amide bonds. The van der Waals surface area contributed by atoms with Crippen molar-refractivity contribution in [2.24, 2.45) is 5.10 Å². The lowest BCUT2D eigenvalue weighted by atomic mass is 10.2. The van der Waals surface area contributed by atoms with Crippen LogP contribution in [0.3, 0.4) is 0 Å². The average Bonchev–Trinajstić information content (AvgIpc) is 3.19. The average molecular weight is 388 g/mol. The number of aromatic nitrogens is 4. The van der Waals surface area contributed by atoms with Crippen LogP contribution in [0.25, 0.3) is 16.7 Å². The summed E-state index contributed by atoms with van der Waals surface area (Å²) in [4.78, 5) is 19.1. The fourth-order valence-electron chi connectivity index (χ4n) is 2.97. The Hall–Kier alpha value is -3.78. The number of hydrogen-bond donors (Lipinski definition) is 1. The highest BCUT2D eigenvalue weighted by Crippen LogP contribution is 2.14. The molecule has 0 unspecified atom stereocenters. The molecule has 0 spiro atoms. The molecular formula is C21H20N6O2. The zero-order valence-electron chi connectivity index (χ0n) is 15.9. The molecule has 0 bridgehead atoms. The Kier molecular flexibility index (Phi) is 5.17. The van der Waals surface area contributed by atoms with Crippen LogP contribution in [0.1, 0.15) is 5.56 Å². The van der Waals surface area contributed by atoms with Crippen molar-refractivity contribution in [2.45, 2.75) is 0 Å².